The van der Waals surface area contributed by atoms with Crippen LogP contribution in [0.25, 0.3) is 11.1 Å². The summed E-state index contributed by atoms with van der Waals surface area (Å²) in [7, 11) is 0. The molecule has 262 valence electrons. The van der Waals surface area contributed by atoms with Crippen molar-refractivity contribution >= 4 is 23.9 Å². The van der Waals surface area contributed by atoms with Gasteiger partial charge in [0.25, 0.3) is 0 Å². The molecule has 0 saturated heterocycles. The summed E-state index contributed by atoms with van der Waals surface area (Å²) in [5, 5.41) is 0. The fourth-order valence-electron chi connectivity index (χ4n) is 5.12. The van der Waals surface area contributed by atoms with Crippen LogP contribution in [0.1, 0.15) is 116 Å². The maximum absolute atomic E-state index is 12.3. The molecule has 0 saturated carbocycles. The molecule has 2 aromatic carbocycles. The van der Waals surface area contributed by atoms with Gasteiger partial charge in [-0.15, -0.1) is 0 Å². The van der Waals surface area contributed by atoms with Gasteiger partial charge >= 0.3 is 23.9 Å². The standard InChI is InChI=1S/C40H54O8/c1-3-37(41)45-31-19-15-11-7-5-9-13-17-21-39(43)47-35-27-23-33(24-28-35)34-25-29-36(30-26-34)48-40(44)22-18-14-10-6-8-12-16-20-32-46-38(42)4-2/h3-4,23-30H,1-2,5-22,31-32H2. The zero-order valence-electron chi connectivity index (χ0n) is 28.6. The Kier molecular flexibility index (Phi) is 21.5. The van der Waals surface area contributed by atoms with Gasteiger partial charge in [-0.3, -0.25) is 9.59 Å². The van der Waals surface area contributed by atoms with E-state index in [0.717, 1.165) is 114 Å². The number of esters is 4. The summed E-state index contributed by atoms with van der Waals surface area (Å²) in [5.41, 5.74) is 1.95. The number of carbonyl (C=O) groups is 4. The fourth-order valence-corrected chi connectivity index (χ4v) is 5.12. The van der Waals surface area contributed by atoms with Crippen molar-refractivity contribution in [1.29, 1.82) is 0 Å². The van der Waals surface area contributed by atoms with Gasteiger partial charge in [-0.25, -0.2) is 9.59 Å². The van der Waals surface area contributed by atoms with Crippen LogP contribution in [0.5, 0.6) is 11.5 Å². The van der Waals surface area contributed by atoms with Gasteiger partial charge in [0.15, 0.2) is 0 Å². The predicted octanol–water partition coefficient (Wildman–Crippen LogP) is 9.64. The zero-order valence-corrected chi connectivity index (χ0v) is 28.6. The van der Waals surface area contributed by atoms with E-state index in [2.05, 4.69) is 13.2 Å². The van der Waals surface area contributed by atoms with Crippen LogP contribution in [0.3, 0.4) is 0 Å². The lowest BCUT2D eigenvalue weighted by atomic mass is 10.1. The lowest BCUT2D eigenvalue weighted by Gasteiger charge is -2.08. The van der Waals surface area contributed by atoms with Crippen molar-refractivity contribution in [3.05, 3.63) is 73.8 Å². The molecule has 0 atom stereocenters. The lowest BCUT2D eigenvalue weighted by molar-refractivity contribution is -0.138. The molecular weight excluding hydrogens is 608 g/mol. The van der Waals surface area contributed by atoms with E-state index in [9.17, 15) is 19.2 Å². The first-order chi connectivity index (χ1) is 23.4. The molecular formula is C40H54O8. The van der Waals surface area contributed by atoms with Crippen LogP contribution in [0.4, 0.5) is 0 Å². The maximum Gasteiger partial charge on any atom is 0.330 e. The summed E-state index contributed by atoms with van der Waals surface area (Å²) in [6.07, 6.45) is 19.6. The third-order valence-corrected chi connectivity index (χ3v) is 7.88. The first-order valence-corrected chi connectivity index (χ1v) is 17.6. The van der Waals surface area contributed by atoms with Crippen LogP contribution in [-0.2, 0) is 28.7 Å². The highest BCUT2D eigenvalue weighted by atomic mass is 16.5. The predicted molar refractivity (Wildman–Crippen MR) is 189 cm³/mol. The summed E-state index contributed by atoms with van der Waals surface area (Å²) in [4.78, 5) is 46.5. The average Bonchev–Trinajstić information content (AvgIpc) is 3.09. The van der Waals surface area contributed by atoms with Crippen molar-refractivity contribution in [3.63, 3.8) is 0 Å². The largest absolute Gasteiger partial charge is 0.463 e. The van der Waals surface area contributed by atoms with E-state index >= 15 is 0 Å². The molecule has 0 amide bonds. The van der Waals surface area contributed by atoms with Crippen LogP contribution >= 0.6 is 0 Å². The number of ether oxygens (including phenoxy) is 4. The number of unbranched alkanes of at least 4 members (excludes halogenated alkanes) is 14. The molecule has 8 heteroatoms. The maximum atomic E-state index is 12.3. The molecule has 0 fully saturated rings. The first kappa shape index (κ1) is 40.0. The second-order valence-electron chi connectivity index (χ2n) is 11.9. The number of hydrogen-bond acceptors (Lipinski definition) is 8. The molecule has 0 bridgehead atoms. The molecule has 0 aromatic heterocycles. The van der Waals surface area contributed by atoms with Crippen LogP contribution in [0.15, 0.2) is 73.8 Å². The van der Waals surface area contributed by atoms with E-state index in [1.54, 1.807) is 24.3 Å². The summed E-state index contributed by atoms with van der Waals surface area (Å²) in [6.45, 7) is 7.66. The Balaban J connectivity index is 1.52. The van der Waals surface area contributed by atoms with E-state index in [-0.39, 0.29) is 23.9 Å². The van der Waals surface area contributed by atoms with Gasteiger partial charge in [-0.05, 0) is 61.1 Å². The molecule has 48 heavy (non-hydrogen) atoms. The highest BCUT2D eigenvalue weighted by molar-refractivity contribution is 5.81. The van der Waals surface area contributed by atoms with Gasteiger partial charge < -0.3 is 18.9 Å². The average molecular weight is 663 g/mol. The minimum atomic E-state index is -0.365. The Hall–Kier alpha value is -4.20. The first-order valence-electron chi connectivity index (χ1n) is 17.6. The Morgan fingerprint density at radius 2 is 0.729 bits per heavy atom. The van der Waals surface area contributed by atoms with Crippen molar-refractivity contribution < 1.29 is 38.1 Å². The summed E-state index contributed by atoms with van der Waals surface area (Å²) < 4.78 is 20.9. The second kappa shape index (κ2) is 25.8. The highest BCUT2D eigenvalue weighted by Crippen LogP contribution is 2.25. The molecule has 0 heterocycles. The van der Waals surface area contributed by atoms with Crippen molar-refractivity contribution in [3.8, 4) is 22.6 Å². The molecule has 0 unspecified atom stereocenters. The van der Waals surface area contributed by atoms with Crippen LogP contribution in [0.2, 0.25) is 0 Å². The molecule has 8 nitrogen and oxygen atoms in total. The quantitative estimate of drug-likeness (QED) is 0.0403. The normalized spacial score (nSPS) is 10.6. The van der Waals surface area contributed by atoms with Gasteiger partial charge in [0, 0.05) is 25.0 Å². The zero-order chi connectivity index (χ0) is 34.7. The highest BCUT2D eigenvalue weighted by Gasteiger charge is 2.08. The molecule has 2 rings (SSSR count). The third kappa shape index (κ3) is 19.5. The number of hydrogen-bond donors (Lipinski definition) is 0. The topological polar surface area (TPSA) is 105 Å². The van der Waals surface area contributed by atoms with Gasteiger partial charge in [0.2, 0.25) is 0 Å². The minimum absolute atomic E-state index is 0.222. The van der Waals surface area contributed by atoms with Crippen molar-refractivity contribution in [2.75, 3.05) is 13.2 Å². The molecule has 0 aliphatic heterocycles. The summed E-state index contributed by atoms with van der Waals surface area (Å²) >= 11 is 0. The minimum Gasteiger partial charge on any atom is -0.463 e. The Bertz CT molecular complexity index is 1140. The van der Waals surface area contributed by atoms with Crippen molar-refractivity contribution in [2.45, 2.75) is 116 Å². The number of carbonyl (C=O) groups excluding carboxylic acids is 4. The van der Waals surface area contributed by atoms with Gasteiger partial charge in [0.05, 0.1) is 13.2 Å². The Morgan fingerprint density at radius 3 is 1.04 bits per heavy atom. The Morgan fingerprint density at radius 1 is 0.438 bits per heavy atom. The van der Waals surface area contributed by atoms with E-state index in [1.807, 2.05) is 24.3 Å². The van der Waals surface area contributed by atoms with Crippen LogP contribution in [0, 0.1) is 0 Å². The SMILES string of the molecule is C=CC(=O)OCCCCCCCCCCC(=O)Oc1ccc(-c2ccc(OC(=O)CCCCCCCCCCOC(=O)C=C)cc2)cc1. The second-order valence-corrected chi connectivity index (χ2v) is 11.9. The van der Waals surface area contributed by atoms with Gasteiger partial charge in [0.1, 0.15) is 11.5 Å². The van der Waals surface area contributed by atoms with Gasteiger partial charge in [-0.2, -0.15) is 0 Å². The number of benzene rings is 2. The monoisotopic (exact) mass is 662 g/mol. The number of rotatable bonds is 27. The fraction of sp³-hybridized carbons (Fsp3) is 0.500. The van der Waals surface area contributed by atoms with Crippen LogP contribution in [-0.4, -0.2) is 37.1 Å². The molecule has 0 N–H and O–H groups in total. The molecule has 0 aliphatic rings. The Labute approximate surface area is 286 Å². The van der Waals surface area contributed by atoms with Crippen molar-refractivity contribution in [1.82, 2.24) is 0 Å². The van der Waals surface area contributed by atoms with E-state index < -0.39 is 0 Å². The lowest BCUT2D eigenvalue weighted by Crippen LogP contribution is -2.07. The van der Waals surface area contributed by atoms with Gasteiger partial charge in [-0.1, -0.05) is 114 Å². The molecule has 0 radical (unpaired) electrons. The summed E-state index contributed by atoms with van der Waals surface area (Å²) in [5.74, 6) is -0.124. The van der Waals surface area contributed by atoms with Crippen molar-refractivity contribution in [2.24, 2.45) is 0 Å². The van der Waals surface area contributed by atoms with E-state index in [0.29, 0.717) is 37.6 Å². The van der Waals surface area contributed by atoms with E-state index in [1.165, 1.54) is 12.2 Å². The molecule has 2 aromatic rings. The third-order valence-electron chi connectivity index (χ3n) is 7.88. The summed E-state index contributed by atoms with van der Waals surface area (Å²) in [6, 6.07) is 14.8. The van der Waals surface area contributed by atoms with Crippen LogP contribution < -0.4 is 9.47 Å². The molecule has 0 spiro atoms. The van der Waals surface area contributed by atoms with E-state index in [4.69, 9.17) is 18.9 Å². The smallest absolute Gasteiger partial charge is 0.330 e. The molecule has 0 aliphatic carbocycles.